The number of aliphatic hydroxyl groups is 1. The summed E-state index contributed by atoms with van der Waals surface area (Å²) in [7, 11) is 0. The maximum atomic E-state index is 12.3. The van der Waals surface area contributed by atoms with Crippen molar-refractivity contribution in [3.63, 3.8) is 0 Å². The molecule has 18 heavy (non-hydrogen) atoms. The highest BCUT2D eigenvalue weighted by atomic mass is 19.4. The van der Waals surface area contributed by atoms with Gasteiger partial charge >= 0.3 is 6.18 Å². The van der Waals surface area contributed by atoms with Gasteiger partial charge in [0.15, 0.2) is 0 Å². The summed E-state index contributed by atoms with van der Waals surface area (Å²) in [6.07, 6.45) is -2.44. The van der Waals surface area contributed by atoms with Crippen LogP contribution in [-0.2, 0) is 12.0 Å². The molecule has 100 valence electrons. The van der Waals surface area contributed by atoms with E-state index in [2.05, 4.69) is 0 Å². The van der Waals surface area contributed by atoms with Crippen LogP contribution in [0.25, 0.3) is 0 Å². The van der Waals surface area contributed by atoms with E-state index in [1.807, 2.05) is 12.1 Å². The first-order chi connectivity index (χ1) is 8.41. The molecule has 0 spiro atoms. The van der Waals surface area contributed by atoms with E-state index in [0.29, 0.717) is 12.0 Å². The van der Waals surface area contributed by atoms with Gasteiger partial charge in [0.1, 0.15) is 0 Å². The summed E-state index contributed by atoms with van der Waals surface area (Å²) in [5.74, 6) is 0. The highest BCUT2D eigenvalue weighted by molar-refractivity contribution is 5.33. The van der Waals surface area contributed by atoms with E-state index in [-0.39, 0.29) is 6.42 Å². The van der Waals surface area contributed by atoms with Crippen molar-refractivity contribution in [1.82, 2.24) is 0 Å². The molecule has 1 aliphatic rings. The van der Waals surface area contributed by atoms with Crippen LogP contribution in [0.2, 0.25) is 0 Å². The van der Waals surface area contributed by atoms with E-state index in [4.69, 9.17) is 0 Å². The van der Waals surface area contributed by atoms with Gasteiger partial charge in [-0.25, -0.2) is 0 Å². The Bertz CT molecular complexity index is 414. The lowest BCUT2D eigenvalue weighted by Crippen LogP contribution is -2.28. The van der Waals surface area contributed by atoms with Crippen LogP contribution in [-0.4, -0.2) is 11.3 Å². The van der Waals surface area contributed by atoms with E-state index in [9.17, 15) is 18.3 Å². The molecule has 0 bridgehead atoms. The zero-order valence-corrected chi connectivity index (χ0v) is 10.1. The van der Waals surface area contributed by atoms with E-state index in [0.717, 1.165) is 24.8 Å². The monoisotopic (exact) mass is 258 g/mol. The largest absolute Gasteiger partial charge is 0.389 e. The number of alkyl halides is 3. The molecule has 4 heteroatoms. The zero-order valence-electron chi connectivity index (χ0n) is 10.1. The van der Waals surface area contributed by atoms with Crippen molar-refractivity contribution in [2.24, 2.45) is 0 Å². The molecule has 1 N–H and O–H groups in total. The Hall–Kier alpha value is -1.03. The van der Waals surface area contributed by atoms with Crippen molar-refractivity contribution in [2.75, 3.05) is 0 Å². The minimum Gasteiger partial charge on any atom is -0.385 e. The molecule has 1 atom stereocenters. The predicted molar refractivity (Wildman–Crippen MR) is 63.2 cm³/mol. The van der Waals surface area contributed by atoms with Gasteiger partial charge in [-0.15, -0.1) is 0 Å². The van der Waals surface area contributed by atoms with Crippen LogP contribution >= 0.6 is 0 Å². The number of rotatable bonds is 2. The Morgan fingerprint density at radius 1 is 1.17 bits per heavy atom. The van der Waals surface area contributed by atoms with Gasteiger partial charge < -0.3 is 5.11 Å². The van der Waals surface area contributed by atoms with Crippen molar-refractivity contribution in [2.45, 2.75) is 50.3 Å². The standard InChI is InChI=1S/C14H17F3O/c15-14(16,17)10-9-13(18)8-4-3-6-11-5-1-2-7-12(11)13/h1-2,5,7,18H,3-4,6,8-10H2. The minimum atomic E-state index is -4.21. The summed E-state index contributed by atoms with van der Waals surface area (Å²) < 4.78 is 37.0. The number of halogens is 3. The van der Waals surface area contributed by atoms with Gasteiger partial charge in [0.2, 0.25) is 0 Å². The fourth-order valence-corrected chi connectivity index (χ4v) is 2.67. The van der Waals surface area contributed by atoms with Crippen LogP contribution in [0.1, 0.15) is 43.2 Å². The van der Waals surface area contributed by atoms with Crippen molar-refractivity contribution in [3.8, 4) is 0 Å². The summed E-state index contributed by atoms with van der Waals surface area (Å²) >= 11 is 0. The second-order valence-corrected chi connectivity index (χ2v) is 5.01. The normalized spacial score (nSPS) is 24.4. The molecule has 0 aromatic heterocycles. The lowest BCUT2D eigenvalue weighted by atomic mass is 9.84. The first kappa shape index (κ1) is 13.4. The van der Waals surface area contributed by atoms with Gasteiger partial charge in [-0.3, -0.25) is 0 Å². The number of hydrogen-bond acceptors (Lipinski definition) is 1. The SMILES string of the molecule is OC1(CCC(F)(F)F)CCCCc2ccccc21. The fraction of sp³-hybridized carbons (Fsp3) is 0.571. The number of benzene rings is 1. The predicted octanol–water partition coefficient (Wildman–Crippen LogP) is 3.94. The molecule has 0 fully saturated rings. The molecular weight excluding hydrogens is 241 g/mol. The molecule has 0 saturated heterocycles. The van der Waals surface area contributed by atoms with Crippen LogP contribution in [0.15, 0.2) is 24.3 Å². The fourth-order valence-electron chi connectivity index (χ4n) is 2.67. The van der Waals surface area contributed by atoms with Gasteiger partial charge in [-0.2, -0.15) is 13.2 Å². The van der Waals surface area contributed by atoms with Crippen LogP contribution in [0.4, 0.5) is 13.2 Å². The molecule has 0 aliphatic heterocycles. The molecule has 0 heterocycles. The Morgan fingerprint density at radius 2 is 1.89 bits per heavy atom. The Kier molecular flexibility index (Phi) is 3.66. The summed E-state index contributed by atoms with van der Waals surface area (Å²) in [4.78, 5) is 0. The van der Waals surface area contributed by atoms with E-state index in [1.54, 1.807) is 12.1 Å². The summed E-state index contributed by atoms with van der Waals surface area (Å²) in [5, 5.41) is 10.6. The average molecular weight is 258 g/mol. The third kappa shape index (κ3) is 3.05. The second kappa shape index (κ2) is 4.92. The molecule has 1 unspecified atom stereocenters. The van der Waals surface area contributed by atoms with Crippen molar-refractivity contribution < 1.29 is 18.3 Å². The third-order valence-corrected chi connectivity index (χ3v) is 3.63. The first-order valence-electron chi connectivity index (χ1n) is 6.28. The third-order valence-electron chi connectivity index (χ3n) is 3.63. The molecule has 2 rings (SSSR count). The Balaban J connectivity index is 2.25. The van der Waals surface area contributed by atoms with Crippen LogP contribution in [0, 0.1) is 0 Å². The molecule has 1 nitrogen and oxygen atoms in total. The number of hydrogen-bond donors (Lipinski definition) is 1. The van der Waals surface area contributed by atoms with E-state index < -0.39 is 18.2 Å². The minimum absolute atomic E-state index is 0.243. The van der Waals surface area contributed by atoms with Gasteiger partial charge in [0, 0.05) is 6.42 Å². The van der Waals surface area contributed by atoms with Gasteiger partial charge in [0.05, 0.1) is 5.60 Å². The summed E-state index contributed by atoms with van der Waals surface area (Å²) in [6.45, 7) is 0. The summed E-state index contributed by atoms with van der Waals surface area (Å²) in [5.41, 5.74) is 0.356. The van der Waals surface area contributed by atoms with Crippen LogP contribution in [0.5, 0.6) is 0 Å². The average Bonchev–Trinajstić information content (AvgIpc) is 2.47. The Morgan fingerprint density at radius 3 is 2.61 bits per heavy atom. The quantitative estimate of drug-likeness (QED) is 0.796. The van der Waals surface area contributed by atoms with Crippen LogP contribution < -0.4 is 0 Å². The van der Waals surface area contributed by atoms with Gasteiger partial charge in [0.25, 0.3) is 0 Å². The highest BCUT2D eigenvalue weighted by Gasteiger charge is 2.37. The van der Waals surface area contributed by atoms with Gasteiger partial charge in [-0.1, -0.05) is 24.3 Å². The number of aryl methyl sites for hydroxylation is 1. The smallest absolute Gasteiger partial charge is 0.385 e. The second-order valence-electron chi connectivity index (χ2n) is 5.01. The van der Waals surface area contributed by atoms with E-state index in [1.165, 1.54) is 0 Å². The lowest BCUT2D eigenvalue weighted by molar-refractivity contribution is -0.148. The highest BCUT2D eigenvalue weighted by Crippen LogP contribution is 2.39. The van der Waals surface area contributed by atoms with Crippen molar-refractivity contribution in [1.29, 1.82) is 0 Å². The molecule has 1 aliphatic carbocycles. The van der Waals surface area contributed by atoms with Crippen molar-refractivity contribution >= 4 is 0 Å². The van der Waals surface area contributed by atoms with E-state index >= 15 is 0 Å². The molecule has 0 saturated carbocycles. The summed E-state index contributed by atoms with van der Waals surface area (Å²) in [6, 6.07) is 7.31. The zero-order chi connectivity index (χ0) is 13.2. The molecule has 0 radical (unpaired) electrons. The maximum absolute atomic E-state index is 12.3. The number of fused-ring (bicyclic) bond motifs is 1. The van der Waals surface area contributed by atoms with Crippen LogP contribution in [0.3, 0.4) is 0 Å². The molecular formula is C14H17F3O. The van der Waals surface area contributed by atoms with Crippen molar-refractivity contribution in [3.05, 3.63) is 35.4 Å². The molecule has 0 amide bonds. The maximum Gasteiger partial charge on any atom is 0.389 e. The topological polar surface area (TPSA) is 20.2 Å². The molecule has 1 aromatic rings. The first-order valence-corrected chi connectivity index (χ1v) is 6.28. The van der Waals surface area contributed by atoms with Gasteiger partial charge in [-0.05, 0) is 43.2 Å². The lowest BCUT2D eigenvalue weighted by Gasteiger charge is -2.29. The Labute approximate surface area is 105 Å². The molecule has 1 aromatic carbocycles.